The van der Waals surface area contributed by atoms with Gasteiger partial charge in [0.2, 0.25) is 5.91 Å². The van der Waals surface area contributed by atoms with Crippen molar-refractivity contribution >= 4 is 21.7 Å². The molecule has 6 nitrogen and oxygen atoms in total. The van der Waals surface area contributed by atoms with Crippen LogP contribution in [0.5, 0.6) is 0 Å². The highest BCUT2D eigenvalue weighted by Gasteiger charge is 2.27. The molecule has 0 aliphatic carbocycles. The summed E-state index contributed by atoms with van der Waals surface area (Å²) in [5.74, 6) is -1.78. The highest BCUT2D eigenvalue weighted by Crippen LogP contribution is 2.21. The lowest BCUT2D eigenvalue weighted by Gasteiger charge is -2.21. The Hall–Kier alpha value is -1.89. The molecule has 0 aliphatic heterocycles. The second-order valence-electron chi connectivity index (χ2n) is 4.99. The molecule has 0 saturated carbocycles. The van der Waals surface area contributed by atoms with E-state index in [1.54, 1.807) is 31.2 Å². The summed E-state index contributed by atoms with van der Waals surface area (Å²) >= 11 is 0. The van der Waals surface area contributed by atoms with Crippen LogP contribution in [0.15, 0.2) is 24.3 Å². The molecular weight excluding hydrogens is 294 g/mol. The Balaban J connectivity index is 3.03. The van der Waals surface area contributed by atoms with Crippen LogP contribution in [0.2, 0.25) is 0 Å². The lowest BCUT2D eigenvalue weighted by Crippen LogP contribution is -2.40. The van der Waals surface area contributed by atoms with Crippen LogP contribution in [0, 0.1) is 6.92 Å². The molecule has 0 fully saturated rings. The number of carboxylic acids is 1. The van der Waals surface area contributed by atoms with Gasteiger partial charge in [-0.25, -0.2) is 8.42 Å². The monoisotopic (exact) mass is 313 g/mol. The molecule has 0 aromatic heterocycles. The molecular formula is C14H19NO5S. The molecule has 21 heavy (non-hydrogen) atoms. The summed E-state index contributed by atoms with van der Waals surface area (Å²) in [5.41, 5.74) is 1.49. The maximum atomic E-state index is 12.0. The Morgan fingerprint density at radius 1 is 1.29 bits per heavy atom. The number of rotatable bonds is 6. The minimum atomic E-state index is -3.53. The van der Waals surface area contributed by atoms with Gasteiger partial charge in [0.05, 0.1) is 12.5 Å². The van der Waals surface area contributed by atoms with Crippen LogP contribution in [0.3, 0.4) is 0 Å². The Morgan fingerprint density at radius 2 is 1.86 bits per heavy atom. The van der Waals surface area contributed by atoms with Gasteiger partial charge in [-0.05, 0) is 25.0 Å². The molecule has 1 aromatic rings. The van der Waals surface area contributed by atoms with Gasteiger partial charge < -0.3 is 10.4 Å². The van der Waals surface area contributed by atoms with E-state index in [0.717, 1.165) is 11.8 Å². The van der Waals surface area contributed by atoms with E-state index >= 15 is 0 Å². The van der Waals surface area contributed by atoms with Gasteiger partial charge in [-0.1, -0.05) is 24.3 Å². The van der Waals surface area contributed by atoms with Crippen LogP contribution in [-0.2, 0) is 19.4 Å². The van der Waals surface area contributed by atoms with Gasteiger partial charge in [-0.15, -0.1) is 0 Å². The van der Waals surface area contributed by atoms with E-state index in [9.17, 15) is 18.0 Å². The second kappa shape index (κ2) is 6.71. The maximum absolute atomic E-state index is 12.0. The average molecular weight is 313 g/mol. The smallest absolute Gasteiger partial charge is 0.305 e. The molecule has 2 unspecified atom stereocenters. The van der Waals surface area contributed by atoms with Crippen molar-refractivity contribution in [3.63, 3.8) is 0 Å². The lowest BCUT2D eigenvalue weighted by molar-refractivity contribution is -0.137. The molecule has 7 heteroatoms. The maximum Gasteiger partial charge on any atom is 0.305 e. The van der Waals surface area contributed by atoms with Crippen LogP contribution in [-0.4, -0.2) is 36.9 Å². The number of benzene rings is 1. The first kappa shape index (κ1) is 17.2. The van der Waals surface area contributed by atoms with Gasteiger partial charge in [0, 0.05) is 6.26 Å². The van der Waals surface area contributed by atoms with Gasteiger partial charge >= 0.3 is 5.97 Å². The van der Waals surface area contributed by atoms with Gasteiger partial charge in [0.25, 0.3) is 0 Å². The van der Waals surface area contributed by atoms with Crippen LogP contribution in [0.1, 0.15) is 30.5 Å². The Morgan fingerprint density at radius 3 is 2.33 bits per heavy atom. The first-order chi connectivity index (χ1) is 9.62. The normalized spacial score (nSPS) is 14.2. The van der Waals surface area contributed by atoms with Crippen molar-refractivity contribution in [2.45, 2.75) is 31.6 Å². The van der Waals surface area contributed by atoms with E-state index < -0.39 is 33.0 Å². The fourth-order valence-electron chi connectivity index (χ4n) is 1.87. The fraction of sp³-hybridized carbons (Fsp3) is 0.429. The number of carbonyl (C=O) groups is 2. The number of carboxylic acid groups (broad SMARTS) is 1. The molecule has 2 atom stereocenters. The van der Waals surface area contributed by atoms with Crippen LogP contribution in [0.25, 0.3) is 0 Å². The van der Waals surface area contributed by atoms with Crippen LogP contribution in [0.4, 0.5) is 0 Å². The van der Waals surface area contributed by atoms with E-state index in [1.165, 1.54) is 6.92 Å². The first-order valence-corrected chi connectivity index (χ1v) is 8.35. The number of hydrogen-bond donors (Lipinski definition) is 2. The molecule has 116 valence electrons. The van der Waals surface area contributed by atoms with Gasteiger partial charge in [0.15, 0.2) is 9.84 Å². The SMILES string of the molecule is Cc1ccccc1C(CC(=O)O)NC(=O)C(C)S(C)(=O)=O. The molecule has 1 aromatic carbocycles. The van der Waals surface area contributed by atoms with Crippen molar-refractivity contribution in [3.05, 3.63) is 35.4 Å². The molecule has 0 bridgehead atoms. The zero-order valence-electron chi connectivity index (χ0n) is 12.2. The predicted molar refractivity (Wildman–Crippen MR) is 78.6 cm³/mol. The summed E-state index contributed by atoms with van der Waals surface area (Å²) in [6.45, 7) is 3.08. The van der Waals surface area contributed by atoms with Crippen molar-refractivity contribution in [1.82, 2.24) is 5.32 Å². The number of aliphatic carboxylic acids is 1. The van der Waals surface area contributed by atoms with Crippen molar-refractivity contribution in [3.8, 4) is 0 Å². The zero-order valence-corrected chi connectivity index (χ0v) is 13.0. The topological polar surface area (TPSA) is 101 Å². The average Bonchev–Trinajstić information content (AvgIpc) is 2.35. The number of amides is 1. The second-order valence-corrected chi connectivity index (χ2v) is 7.35. The number of nitrogens with one attached hydrogen (secondary N) is 1. The number of sulfone groups is 1. The Bertz CT molecular complexity index is 639. The van der Waals surface area contributed by atoms with Crippen LogP contribution < -0.4 is 5.32 Å². The summed E-state index contributed by atoms with van der Waals surface area (Å²) in [7, 11) is -3.53. The van der Waals surface area contributed by atoms with Crippen LogP contribution >= 0.6 is 0 Å². The summed E-state index contributed by atoms with van der Waals surface area (Å²) < 4.78 is 22.8. The standard InChI is InChI=1S/C14H19NO5S/c1-9-6-4-5-7-11(9)12(8-13(16)17)15-14(18)10(2)21(3,19)20/h4-7,10,12H,8H2,1-3H3,(H,15,18)(H,16,17). The van der Waals surface area contributed by atoms with E-state index in [1.807, 2.05) is 0 Å². The third kappa shape index (κ3) is 4.86. The minimum Gasteiger partial charge on any atom is -0.481 e. The van der Waals surface area contributed by atoms with E-state index in [-0.39, 0.29) is 6.42 Å². The van der Waals surface area contributed by atoms with E-state index in [4.69, 9.17) is 5.11 Å². The van der Waals surface area contributed by atoms with Crippen molar-refractivity contribution in [1.29, 1.82) is 0 Å². The summed E-state index contributed by atoms with van der Waals surface area (Å²) in [5, 5.41) is 10.3. The summed E-state index contributed by atoms with van der Waals surface area (Å²) in [6.07, 6.45) is 0.657. The highest BCUT2D eigenvalue weighted by molar-refractivity contribution is 7.92. The van der Waals surface area contributed by atoms with E-state index in [0.29, 0.717) is 5.56 Å². The first-order valence-electron chi connectivity index (χ1n) is 6.39. The third-order valence-corrected chi connectivity index (χ3v) is 4.77. The van der Waals surface area contributed by atoms with Crippen molar-refractivity contribution < 1.29 is 23.1 Å². The molecule has 1 rings (SSSR count). The van der Waals surface area contributed by atoms with Crippen molar-refractivity contribution in [2.24, 2.45) is 0 Å². The Kier molecular flexibility index (Phi) is 5.48. The largest absolute Gasteiger partial charge is 0.481 e. The zero-order chi connectivity index (χ0) is 16.2. The molecule has 0 heterocycles. The number of aryl methyl sites for hydroxylation is 1. The van der Waals surface area contributed by atoms with Gasteiger partial charge in [-0.3, -0.25) is 9.59 Å². The Labute approximate surface area is 124 Å². The fourth-order valence-corrected chi connectivity index (χ4v) is 2.33. The third-order valence-electron chi connectivity index (χ3n) is 3.27. The highest BCUT2D eigenvalue weighted by atomic mass is 32.2. The molecule has 0 saturated heterocycles. The summed E-state index contributed by atoms with van der Waals surface area (Å²) in [4.78, 5) is 23.0. The van der Waals surface area contributed by atoms with Gasteiger partial charge in [0.1, 0.15) is 5.25 Å². The molecule has 1 amide bonds. The molecule has 2 N–H and O–H groups in total. The number of hydrogen-bond acceptors (Lipinski definition) is 4. The molecule has 0 radical (unpaired) electrons. The molecule has 0 spiro atoms. The predicted octanol–water partition coefficient (Wildman–Crippen LogP) is 1.06. The van der Waals surface area contributed by atoms with Gasteiger partial charge in [-0.2, -0.15) is 0 Å². The minimum absolute atomic E-state index is 0.312. The molecule has 0 aliphatic rings. The number of carbonyl (C=O) groups excluding carboxylic acids is 1. The summed E-state index contributed by atoms with van der Waals surface area (Å²) in [6, 6.07) is 6.30. The quantitative estimate of drug-likeness (QED) is 0.818. The van der Waals surface area contributed by atoms with Crippen molar-refractivity contribution in [2.75, 3.05) is 6.26 Å². The van der Waals surface area contributed by atoms with E-state index in [2.05, 4.69) is 5.32 Å². The lowest BCUT2D eigenvalue weighted by atomic mass is 9.98.